The molecule has 0 spiro atoms. The van der Waals surface area contributed by atoms with E-state index in [1.54, 1.807) is 6.07 Å². The van der Waals surface area contributed by atoms with E-state index in [9.17, 15) is 8.78 Å². The van der Waals surface area contributed by atoms with Crippen LogP contribution >= 0.6 is 11.6 Å². The van der Waals surface area contributed by atoms with Crippen LogP contribution in [0.15, 0.2) is 36.5 Å². The van der Waals surface area contributed by atoms with E-state index < -0.39 is 12.6 Å². The van der Waals surface area contributed by atoms with E-state index in [1.165, 1.54) is 12.3 Å². The molecule has 0 saturated heterocycles. The predicted octanol–water partition coefficient (Wildman–Crippen LogP) is 3.17. The molecule has 6 heteroatoms. The van der Waals surface area contributed by atoms with Crippen LogP contribution in [-0.4, -0.2) is 9.78 Å². The van der Waals surface area contributed by atoms with E-state index in [0.29, 0.717) is 21.8 Å². The third kappa shape index (κ3) is 2.86. The first-order valence-electron chi connectivity index (χ1n) is 5.40. The van der Waals surface area contributed by atoms with Crippen molar-refractivity contribution in [1.29, 1.82) is 0 Å². The van der Waals surface area contributed by atoms with E-state index in [0.717, 1.165) is 5.56 Å². The Morgan fingerprint density at radius 1 is 1.28 bits per heavy atom. The van der Waals surface area contributed by atoms with Gasteiger partial charge in [0.05, 0.1) is 11.7 Å². The second kappa shape index (κ2) is 5.46. The van der Waals surface area contributed by atoms with Crippen LogP contribution in [0.4, 0.5) is 8.78 Å². The monoisotopic (exact) mass is 271 g/mol. The highest BCUT2D eigenvalue weighted by atomic mass is 35.5. The summed E-state index contributed by atoms with van der Waals surface area (Å²) in [6, 6.07) is 8.33. The lowest BCUT2D eigenvalue weighted by atomic mass is 10.0. The van der Waals surface area contributed by atoms with Crippen molar-refractivity contribution in [2.75, 3.05) is 0 Å². The summed E-state index contributed by atoms with van der Waals surface area (Å²) < 4.78 is 25.3. The first-order valence-corrected chi connectivity index (χ1v) is 5.78. The number of benzene rings is 1. The van der Waals surface area contributed by atoms with Crippen LogP contribution in [0.1, 0.15) is 23.8 Å². The van der Waals surface area contributed by atoms with Crippen molar-refractivity contribution in [3.05, 3.63) is 52.8 Å². The van der Waals surface area contributed by atoms with Crippen molar-refractivity contribution in [2.45, 2.75) is 19.0 Å². The third-order valence-corrected chi connectivity index (χ3v) is 2.98. The quantitative estimate of drug-likeness (QED) is 0.928. The number of alkyl halides is 2. The average Bonchev–Trinajstić information content (AvgIpc) is 2.81. The molecule has 0 aliphatic heterocycles. The lowest BCUT2D eigenvalue weighted by Gasteiger charge is -2.10. The van der Waals surface area contributed by atoms with E-state index in [1.807, 2.05) is 18.2 Å². The van der Waals surface area contributed by atoms with Gasteiger partial charge < -0.3 is 5.73 Å². The summed E-state index contributed by atoms with van der Waals surface area (Å²) in [5, 5.41) is 4.35. The number of rotatable bonds is 4. The minimum absolute atomic E-state index is 0.426. The van der Waals surface area contributed by atoms with E-state index in [-0.39, 0.29) is 0 Å². The molecule has 0 aliphatic rings. The fourth-order valence-electron chi connectivity index (χ4n) is 1.66. The van der Waals surface area contributed by atoms with Crippen LogP contribution in [-0.2, 0) is 6.42 Å². The van der Waals surface area contributed by atoms with E-state index >= 15 is 0 Å². The second-order valence-electron chi connectivity index (χ2n) is 3.90. The summed E-state index contributed by atoms with van der Waals surface area (Å²) in [7, 11) is 0. The normalized spacial score (nSPS) is 12.9. The lowest BCUT2D eigenvalue weighted by molar-refractivity contribution is 0.0560. The Hall–Kier alpha value is -1.46. The van der Waals surface area contributed by atoms with Gasteiger partial charge in [0.1, 0.15) is 0 Å². The topological polar surface area (TPSA) is 43.8 Å². The molecule has 18 heavy (non-hydrogen) atoms. The highest BCUT2D eigenvalue weighted by molar-refractivity contribution is 6.31. The average molecular weight is 272 g/mol. The van der Waals surface area contributed by atoms with Gasteiger partial charge in [-0.3, -0.25) is 0 Å². The molecule has 96 valence electrons. The summed E-state index contributed by atoms with van der Waals surface area (Å²) in [6.07, 6.45) is 1.67. The van der Waals surface area contributed by atoms with Crippen LogP contribution < -0.4 is 5.73 Å². The zero-order chi connectivity index (χ0) is 13.1. The van der Waals surface area contributed by atoms with E-state index in [4.69, 9.17) is 17.3 Å². The van der Waals surface area contributed by atoms with Crippen molar-refractivity contribution < 1.29 is 8.78 Å². The molecule has 0 bridgehead atoms. The molecule has 0 amide bonds. The van der Waals surface area contributed by atoms with Crippen molar-refractivity contribution >= 4 is 11.6 Å². The Kier molecular flexibility index (Phi) is 3.93. The number of nitrogens with two attached hydrogens (primary N) is 1. The Balaban J connectivity index is 2.12. The van der Waals surface area contributed by atoms with Crippen LogP contribution in [0.2, 0.25) is 5.02 Å². The summed E-state index contributed by atoms with van der Waals surface area (Å²) in [5.74, 6) is 0. The van der Waals surface area contributed by atoms with Crippen LogP contribution in [0.3, 0.4) is 0 Å². The van der Waals surface area contributed by atoms with Gasteiger partial charge in [-0.1, -0.05) is 29.8 Å². The molecule has 1 aromatic carbocycles. The summed E-state index contributed by atoms with van der Waals surface area (Å²) in [5.41, 5.74) is 7.23. The molecular formula is C12H12ClF2N3. The fraction of sp³-hybridized carbons (Fsp3) is 0.250. The number of halogens is 3. The van der Waals surface area contributed by atoms with Gasteiger partial charge in [0.15, 0.2) is 0 Å². The summed E-state index contributed by atoms with van der Waals surface area (Å²) >= 11 is 6.01. The molecule has 2 aromatic rings. The SMILES string of the molecule is N[C@@H](Cc1ccccc1Cl)c1ccn(C(F)F)n1. The van der Waals surface area contributed by atoms with E-state index in [2.05, 4.69) is 5.10 Å². The van der Waals surface area contributed by atoms with Gasteiger partial charge in [0, 0.05) is 11.2 Å². The van der Waals surface area contributed by atoms with Gasteiger partial charge in [-0.2, -0.15) is 13.9 Å². The molecule has 2 rings (SSSR count). The predicted molar refractivity (Wildman–Crippen MR) is 65.6 cm³/mol. The molecule has 2 N–H and O–H groups in total. The molecule has 0 aliphatic carbocycles. The fourth-order valence-corrected chi connectivity index (χ4v) is 1.88. The van der Waals surface area contributed by atoms with Gasteiger partial charge in [-0.05, 0) is 24.1 Å². The molecule has 3 nitrogen and oxygen atoms in total. The molecule has 0 fully saturated rings. The van der Waals surface area contributed by atoms with Crippen molar-refractivity contribution in [2.24, 2.45) is 5.73 Å². The van der Waals surface area contributed by atoms with Gasteiger partial charge >= 0.3 is 6.55 Å². The number of hydrogen-bond acceptors (Lipinski definition) is 2. The van der Waals surface area contributed by atoms with Gasteiger partial charge in [-0.25, -0.2) is 4.68 Å². The van der Waals surface area contributed by atoms with Gasteiger partial charge in [0.25, 0.3) is 0 Å². The minimum Gasteiger partial charge on any atom is -0.322 e. The molecule has 1 aromatic heterocycles. The number of nitrogens with zero attached hydrogens (tertiary/aromatic N) is 2. The highest BCUT2D eigenvalue weighted by Crippen LogP contribution is 2.21. The Morgan fingerprint density at radius 2 is 2.00 bits per heavy atom. The molecule has 1 heterocycles. The molecule has 0 radical (unpaired) electrons. The Bertz CT molecular complexity index is 528. The molecule has 1 atom stereocenters. The molecular weight excluding hydrogens is 260 g/mol. The number of hydrogen-bond donors (Lipinski definition) is 1. The summed E-state index contributed by atoms with van der Waals surface area (Å²) in [6.45, 7) is -2.65. The first kappa shape index (κ1) is 13.0. The minimum atomic E-state index is -2.65. The zero-order valence-electron chi connectivity index (χ0n) is 9.43. The van der Waals surface area contributed by atoms with Crippen LogP contribution in [0.5, 0.6) is 0 Å². The number of aromatic nitrogens is 2. The molecule has 0 unspecified atom stereocenters. The summed E-state index contributed by atoms with van der Waals surface area (Å²) in [4.78, 5) is 0. The van der Waals surface area contributed by atoms with Crippen molar-refractivity contribution in [3.63, 3.8) is 0 Å². The Morgan fingerprint density at radius 3 is 2.61 bits per heavy atom. The first-order chi connectivity index (χ1) is 8.58. The zero-order valence-corrected chi connectivity index (χ0v) is 10.2. The maximum absolute atomic E-state index is 12.4. The molecule has 0 saturated carbocycles. The van der Waals surface area contributed by atoms with Gasteiger partial charge in [0.2, 0.25) is 0 Å². The van der Waals surface area contributed by atoms with Crippen molar-refractivity contribution in [3.8, 4) is 0 Å². The van der Waals surface area contributed by atoms with Gasteiger partial charge in [-0.15, -0.1) is 0 Å². The van der Waals surface area contributed by atoms with Crippen LogP contribution in [0, 0.1) is 0 Å². The lowest BCUT2D eigenvalue weighted by Crippen LogP contribution is -2.15. The largest absolute Gasteiger partial charge is 0.333 e. The maximum Gasteiger partial charge on any atom is 0.333 e. The van der Waals surface area contributed by atoms with Crippen LogP contribution in [0.25, 0.3) is 0 Å². The Labute approximate surface area is 108 Å². The van der Waals surface area contributed by atoms with Crippen molar-refractivity contribution in [1.82, 2.24) is 9.78 Å². The second-order valence-corrected chi connectivity index (χ2v) is 4.31. The maximum atomic E-state index is 12.4. The standard InChI is InChI=1S/C12H12ClF2N3/c13-9-4-2-1-3-8(9)7-10(16)11-5-6-18(17-11)12(14)15/h1-6,10,12H,7,16H2/t10-/m0/s1. The highest BCUT2D eigenvalue weighted by Gasteiger charge is 2.14. The third-order valence-electron chi connectivity index (χ3n) is 2.61. The smallest absolute Gasteiger partial charge is 0.322 e.